The van der Waals surface area contributed by atoms with Crippen molar-refractivity contribution in [3.8, 4) is 5.75 Å². The molecule has 0 radical (unpaired) electrons. The normalized spacial score (nSPS) is 16.8. The van der Waals surface area contributed by atoms with Crippen molar-refractivity contribution in [2.45, 2.75) is 55.9 Å². The molecule has 30 heavy (non-hydrogen) atoms. The van der Waals surface area contributed by atoms with E-state index in [1.165, 1.54) is 33.3 Å². The first kappa shape index (κ1) is 22.2. The number of carbonyl (C=O) groups is 1. The van der Waals surface area contributed by atoms with Crippen LogP contribution < -0.4 is 10.1 Å². The fraction of sp³-hybridized carbons (Fsp3) is 0.550. The van der Waals surface area contributed by atoms with E-state index in [0.29, 0.717) is 24.6 Å². The molecule has 9 nitrogen and oxygen atoms in total. The maximum absolute atomic E-state index is 13.2. The summed E-state index contributed by atoms with van der Waals surface area (Å²) in [5.41, 5.74) is -0.522. The van der Waals surface area contributed by atoms with Gasteiger partial charge in [-0.3, -0.25) is 4.79 Å². The maximum atomic E-state index is 13.2. The summed E-state index contributed by atoms with van der Waals surface area (Å²) in [5.74, 6) is 0.687. The van der Waals surface area contributed by atoms with Gasteiger partial charge in [0.05, 0.1) is 7.11 Å². The van der Waals surface area contributed by atoms with Gasteiger partial charge in [-0.1, -0.05) is 30.8 Å². The summed E-state index contributed by atoms with van der Waals surface area (Å²) in [6.45, 7) is 1.71. The molecule has 1 amide bonds. The fourth-order valence-electron chi connectivity index (χ4n) is 3.74. The SMILES string of the molecule is COc1ccc(C(=O)NC2(c3noc(C)n3)CCCCCC2)cc1S(=O)(=O)N(C)C. The summed E-state index contributed by atoms with van der Waals surface area (Å²) < 4.78 is 36.8. The van der Waals surface area contributed by atoms with Crippen molar-refractivity contribution in [3.05, 3.63) is 35.5 Å². The Balaban J connectivity index is 1.99. The zero-order valence-corrected chi connectivity index (χ0v) is 18.6. The molecule has 2 aromatic rings. The minimum atomic E-state index is -3.79. The second-order valence-corrected chi connectivity index (χ2v) is 9.86. The Morgan fingerprint density at radius 2 is 1.87 bits per heavy atom. The van der Waals surface area contributed by atoms with Crippen molar-refractivity contribution >= 4 is 15.9 Å². The van der Waals surface area contributed by atoms with E-state index in [4.69, 9.17) is 9.26 Å². The summed E-state index contributed by atoms with van der Waals surface area (Å²) in [6.07, 6.45) is 5.38. The number of aromatic nitrogens is 2. The monoisotopic (exact) mass is 436 g/mol. The van der Waals surface area contributed by atoms with Crippen LogP contribution in [-0.2, 0) is 15.6 Å². The molecule has 10 heteroatoms. The molecule has 1 aliphatic carbocycles. The zero-order chi connectivity index (χ0) is 21.9. The Morgan fingerprint density at radius 1 is 1.20 bits per heavy atom. The lowest BCUT2D eigenvalue weighted by Gasteiger charge is -2.31. The van der Waals surface area contributed by atoms with Crippen molar-refractivity contribution in [2.24, 2.45) is 0 Å². The molecule has 0 spiro atoms. The zero-order valence-electron chi connectivity index (χ0n) is 17.8. The van der Waals surface area contributed by atoms with E-state index in [1.54, 1.807) is 13.0 Å². The molecule has 1 aliphatic rings. The van der Waals surface area contributed by atoms with Gasteiger partial charge in [-0.2, -0.15) is 4.98 Å². The minimum Gasteiger partial charge on any atom is -0.495 e. The molecule has 0 atom stereocenters. The first-order chi connectivity index (χ1) is 14.2. The number of methoxy groups -OCH3 is 1. The van der Waals surface area contributed by atoms with Crippen molar-refractivity contribution in [1.82, 2.24) is 19.8 Å². The average Bonchev–Trinajstić information content (AvgIpc) is 3.02. The van der Waals surface area contributed by atoms with E-state index in [1.807, 2.05) is 0 Å². The Kier molecular flexibility index (Phi) is 6.47. The van der Waals surface area contributed by atoms with Gasteiger partial charge in [0.1, 0.15) is 16.2 Å². The van der Waals surface area contributed by atoms with Crippen LogP contribution in [0, 0.1) is 6.92 Å². The number of ether oxygens (including phenoxy) is 1. The highest BCUT2D eigenvalue weighted by Crippen LogP contribution is 2.35. The van der Waals surface area contributed by atoms with Crippen LogP contribution in [0.15, 0.2) is 27.6 Å². The summed E-state index contributed by atoms with van der Waals surface area (Å²) in [4.78, 5) is 17.5. The predicted molar refractivity (Wildman–Crippen MR) is 110 cm³/mol. The lowest BCUT2D eigenvalue weighted by Crippen LogP contribution is -2.46. The topological polar surface area (TPSA) is 115 Å². The maximum Gasteiger partial charge on any atom is 0.252 e. The largest absolute Gasteiger partial charge is 0.495 e. The third-order valence-corrected chi connectivity index (χ3v) is 7.29. The van der Waals surface area contributed by atoms with Crippen LogP contribution in [0.1, 0.15) is 60.6 Å². The van der Waals surface area contributed by atoms with Gasteiger partial charge in [-0.15, -0.1) is 0 Å². The molecule has 164 valence electrons. The van der Waals surface area contributed by atoms with Gasteiger partial charge < -0.3 is 14.6 Å². The van der Waals surface area contributed by atoms with E-state index in [2.05, 4.69) is 15.5 Å². The van der Waals surface area contributed by atoms with Gasteiger partial charge in [0.2, 0.25) is 15.9 Å². The highest BCUT2D eigenvalue weighted by atomic mass is 32.2. The van der Waals surface area contributed by atoms with Crippen molar-refractivity contribution in [2.75, 3.05) is 21.2 Å². The first-order valence-electron chi connectivity index (χ1n) is 9.93. The molecule has 1 heterocycles. The molecular weight excluding hydrogens is 408 g/mol. The quantitative estimate of drug-likeness (QED) is 0.692. The van der Waals surface area contributed by atoms with Crippen molar-refractivity contribution in [1.29, 1.82) is 0 Å². The number of hydrogen-bond donors (Lipinski definition) is 1. The Bertz CT molecular complexity index is 1010. The molecule has 1 N–H and O–H groups in total. The number of nitrogens with zero attached hydrogens (tertiary/aromatic N) is 3. The Labute approximate surface area is 176 Å². The lowest BCUT2D eigenvalue weighted by atomic mass is 9.88. The minimum absolute atomic E-state index is 0.0621. The van der Waals surface area contributed by atoms with Crippen molar-refractivity contribution in [3.63, 3.8) is 0 Å². The Hall–Kier alpha value is -2.46. The fourth-order valence-corrected chi connectivity index (χ4v) is 4.81. The standard InChI is InChI=1S/C20H28N4O5S/c1-14-21-19(23-29-14)20(11-7-5-6-8-12-20)22-18(25)15-9-10-16(28-4)17(13-15)30(26,27)24(2)3/h9-10,13H,5-8,11-12H2,1-4H3,(H,22,25). The van der Waals surface area contributed by atoms with E-state index >= 15 is 0 Å². The van der Waals surface area contributed by atoms with Crippen LogP contribution in [0.5, 0.6) is 5.75 Å². The average molecular weight is 437 g/mol. The van der Waals surface area contributed by atoms with Crippen molar-refractivity contribution < 1.29 is 22.5 Å². The second kappa shape index (κ2) is 8.73. The molecule has 1 aromatic heterocycles. The predicted octanol–water partition coefficient (Wildman–Crippen LogP) is 2.62. The van der Waals surface area contributed by atoms with Gasteiger partial charge in [0.25, 0.3) is 5.91 Å². The number of nitrogens with one attached hydrogen (secondary N) is 1. The number of benzene rings is 1. The van der Waals surface area contributed by atoms with Crippen LogP contribution in [-0.4, -0.2) is 50.0 Å². The molecule has 0 aliphatic heterocycles. The van der Waals surface area contributed by atoms with Gasteiger partial charge in [-0.05, 0) is 31.0 Å². The summed E-state index contributed by atoms with van der Waals surface area (Å²) in [6, 6.07) is 4.38. The number of amides is 1. The summed E-state index contributed by atoms with van der Waals surface area (Å²) >= 11 is 0. The lowest BCUT2D eigenvalue weighted by molar-refractivity contribution is 0.0876. The number of carbonyl (C=O) groups excluding carboxylic acids is 1. The third kappa shape index (κ3) is 4.34. The van der Waals surface area contributed by atoms with Crippen LogP contribution >= 0.6 is 0 Å². The highest BCUT2D eigenvalue weighted by molar-refractivity contribution is 7.89. The van der Waals surface area contributed by atoms with E-state index in [0.717, 1.165) is 30.0 Å². The third-order valence-electron chi connectivity index (χ3n) is 5.45. The molecular formula is C20H28N4O5S. The number of rotatable bonds is 6. The van der Waals surface area contributed by atoms with Gasteiger partial charge >= 0.3 is 0 Å². The number of sulfonamides is 1. The van der Waals surface area contributed by atoms with Crippen LogP contribution in [0.2, 0.25) is 0 Å². The molecule has 0 unspecified atom stereocenters. The molecule has 1 aromatic carbocycles. The molecule has 0 saturated heterocycles. The van der Waals surface area contributed by atoms with E-state index in [-0.39, 0.29) is 16.2 Å². The van der Waals surface area contributed by atoms with E-state index < -0.39 is 21.5 Å². The number of hydrogen-bond acceptors (Lipinski definition) is 7. The highest BCUT2D eigenvalue weighted by Gasteiger charge is 2.39. The molecule has 1 saturated carbocycles. The van der Waals surface area contributed by atoms with Gasteiger partial charge in [0.15, 0.2) is 5.82 Å². The summed E-state index contributed by atoms with van der Waals surface area (Å²) in [5, 5.41) is 7.17. The second-order valence-electron chi connectivity index (χ2n) is 7.74. The van der Waals surface area contributed by atoms with Crippen LogP contribution in [0.25, 0.3) is 0 Å². The molecule has 3 rings (SSSR count). The number of aryl methyl sites for hydroxylation is 1. The van der Waals surface area contributed by atoms with Gasteiger partial charge in [-0.25, -0.2) is 12.7 Å². The van der Waals surface area contributed by atoms with Crippen LogP contribution in [0.4, 0.5) is 0 Å². The molecule has 1 fully saturated rings. The molecule has 0 bridgehead atoms. The van der Waals surface area contributed by atoms with E-state index in [9.17, 15) is 13.2 Å². The smallest absolute Gasteiger partial charge is 0.252 e. The van der Waals surface area contributed by atoms with Gasteiger partial charge in [0, 0.05) is 26.6 Å². The first-order valence-corrected chi connectivity index (χ1v) is 11.4. The Morgan fingerprint density at radius 3 is 2.40 bits per heavy atom. The van der Waals surface area contributed by atoms with Crippen LogP contribution in [0.3, 0.4) is 0 Å². The summed E-state index contributed by atoms with van der Waals surface area (Å²) in [7, 11) is 0.464.